The first-order valence-electron chi connectivity index (χ1n) is 8.79. The number of thioether (sulfide) groups is 1. The van der Waals surface area contributed by atoms with Crippen LogP contribution in [-0.2, 0) is 11.3 Å². The number of hydrogen-bond donors (Lipinski definition) is 0. The van der Waals surface area contributed by atoms with Crippen LogP contribution in [0.3, 0.4) is 0 Å². The Bertz CT molecular complexity index is 1260. The molecule has 2 heterocycles. The number of halogens is 3. The third kappa shape index (κ3) is 3.79. The molecule has 1 aliphatic heterocycles. The monoisotopic (exact) mass is 502 g/mol. The highest BCUT2D eigenvalue weighted by Gasteiger charge is 2.34. The van der Waals surface area contributed by atoms with Crippen molar-refractivity contribution in [3.63, 3.8) is 0 Å². The highest BCUT2D eigenvalue weighted by Crippen LogP contribution is 2.35. The van der Waals surface area contributed by atoms with Gasteiger partial charge in [-0.05, 0) is 48.2 Å². The van der Waals surface area contributed by atoms with Crippen molar-refractivity contribution < 1.29 is 14.0 Å². The van der Waals surface area contributed by atoms with Gasteiger partial charge in [0, 0.05) is 37.7 Å². The van der Waals surface area contributed by atoms with Crippen LogP contribution in [0.1, 0.15) is 11.1 Å². The van der Waals surface area contributed by atoms with Crippen LogP contribution in [0.5, 0.6) is 0 Å². The number of hydrogen-bond acceptors (Lipinski definition) is 3. The number of terminal acetylenes is 1. The summed E-state index contributed by atoms with van der Waals surface area (Å²) in [7, 11) is 0. The van der Waals surface area contributed by atoms with Gasteiger partial charge in [0.2, 0.25) is 0 Å². The van der Waals surface area contributed by atoms with E-state index in [-0.39, 0.29) is 18.0 Å². The maximum atomic E-state index is 14.3. The highest BCUT2D eigenvalue weighted by molar-refractivity contribution is 9.10. The molecule has 2 amide bonds. The number of benzene rings is 2. The van der Waals surface area contributed by atoms with Crippen LogP contribution in [0, 0.1) is 18.2 Å². The van der Waals surface area contributed by atoms with Gasteiger partial charge in [-0.15, -0.1) is 6.42 Å². The Morgan fingerprint density at radius 2 is 2.07 bits per heavy atom. The molecule has 0 spiro atoms. The van der Waals surface area contributed by atoms with Gasteiger partial charge in [0.15, 0.2) is 0 Å². The molecule has 0 aliphatic carbocycles. The van der Waals surface area contributed by atoms with Gasteiger partial charge in [-0.1, -0.05) is 39.5 Å². The molecule has 4 nitrogen and oxygen atoms in total. The average molecular weight is 504 g/mol. The summed E-state index contributed by atoms with van der Waals surface area (Å²) < 4.78 is 17.0. The zero-order valence-electron chi connectivity index (χ0n) is 15.4. The molecule has 0 atom stereocenters. The molecule has 30 heavy (non-hydrogen) atoms. The largest absolute Gasteiger partial charge is 0.342 e. The lowest BCUT2D eigenvalue weighted by molar-refractivity contribution is -0.122. The standard InChI is InChI=1S/C22H13BrClFN2O2S/c1-2-8-27-21(28)20(30-22(27)29)9-13-11-26(19-7-6-14(23)10-15(13)19)12-16-17(24)4-3-5-18(16)25/h1,3-7,9-11H,8,12H2/b20-9-. The van der Waals surface area contributed by atoms with Crippen LogP contribution in [0.25, 0.3) is 17.0 Å². The Labute approximate surface area is 189 Å². The maximum absolute atomic E-state index is 14.3. The summed E-state index contributed by atoms with van der Waals surface area (Å²) in [5.41, 5.74) is 1.94. The van der Waals surface area contributed by atoms with E-state index < -0.39 is 17.0 Å². The van der Waals surface area contributed by atoms with Crippen LogP contribution in [0.4, 0.5) is 9.18 Å². The van der Waals surface area contributed by atoms with Gasteiger partial charge in [-0.2, -0.15) is 0 Å². The van der Waals surface area contributed by atoms with Crippen LogP contribution in [0.2, 0.25) is 5.02 Å². The van der Waals surface area contributed by atoms with E-state index in [1.807, 2.05) is 29.0 Å². The molecule has 1 aliphatic rings. The molecule has 150 valence electrons. The quantitative estimate of drug-likeness (QED) is 0.328. The van der Waals surface area contributed by atoms with E-state index in [0.717, 1.165) is 37.6 Å². The summed E-state index contributed by atoms with van der Waals surface area (Å²) >= 11 is 10.5. The fraction of sp³-hybridized carbons (Fsp3) is 0.0909. The molecule has 0 radical (unpaired) electrons. The Hall–Kier alpha value is -2.53. The van der Waals surface area contributed by atoms with Crippen molar-refractivity contribution in [3.05, 3.63) is 73.9 Å². The van der Waals surface area contributed by atoms with Gasteiger partial charge < -0.3 is 4.57 Å². The first kappa shape index (κ1) is 20.7. The third-order valence-corrected chi connectivity index (χ3v) is 6.43. The van der Waals surface area contributed by atoms with E-state index in [0.29, 0.717) is 10.6 Å². The molecule has 4 rings (SSSR count). The third-order valence-electron chi connectivity index (χ3n) is 4.67. The minimum Gasteiger partial charge on any atom is -0.342 e. The van der Waals surface area contributed by atoms with Crippen molar-refractivity contribution in [1.29, 1.82) is 0 Å². The van der Waals surface area contributed by atoms with Gasteiger partial charge in [-0.3, -0.25) is 14.5 Å². The van der Waals surface area contributed by atoms with Crippen molar-refractivity contribution in [2.45, 2.75) is 6.54 Å². The van der Waals surface area contributed by atoms with Gasteiger partial charge in [-0.25, -0.2) is 4.39 Å². The van der Waals surface area contributed by atoms with Crippen molar-refractivity contribution in [3.8, 4) is 12.3 Å². The number of carbonyl (C=O) groups excluding carboxylic acids is 2. The molecule has 2 aromatic carbocycles. The first-order valence-corrected chi connectivity index (χ1v) is 10.8. The van der Waals surface area contributed by atoms with Crippen molar-refractivity contribution >= 4 is 67.4 Å². The lowest BCUT2D eigenvalue weighted by Gasteiger charge is -2.08. The van der Waals surface area contributed by atoms with E-state index in [1.165, 1.54) is 6.07 Å². The molecule has 0 N–H and O–H groups in total. The van der Waals surface area contributed by atoms with Crippen molar-refractivity contribution in [1.82, 2.24) is 9.47 Å². The molecule has 1 saturated heterocycles. The molecule has 8 heteroatoms. The fourth-order valence-electron chi connectivity index (χ4n) is 3.27. The number of carbonyl (C=O) groups is 2. The molecule has 1 aromatic heterocycles. The zero-order chi connectivity index (χ0) is 21.4. The summed E-state index contributed by atoms with van der Waals surface area (Å²) in [6, 6.07) is 10.3. The van der Waals surface area contributed by atoms with E-state index in [1.54, 1.807) is 18.2 Å². The van der Waals surface area contributed by atoms with Crippen LogP contribution in [0.15, 0.2) is 52.0 Å². The van der Waals surface area contributed by atoms with Crippen molar-refractivity contribution in [2.75, 3.05) is 6.54 Å². The molecule has 0 unspecified atom stereocenters. The summed E-state index contributed by atoms with van der Waals surface area (Å²) in [5.74, 6) is 1.51. The summed E-state index contributed by atoms with van der Waals surface area (Å²) in [6.45, 7) is 0.150. The average Bonchev–Trinajstić information content (AvgIpc) is 3.17. The summed E-state index contributed by atoms with van der Waals surface area (Å²) in [4.78, 5) is 25.9. The van der Waals surface area contributed by atoms with E-state index in [9.17, 15) is 14.0 Å². The Kier molecular flexibility index (Phi) is 5.74. The van der Waals surface area contributed by atoms with Crippen LogP contribution in [-0.4, -0.2) is 27.2 Å². The molecule has 0 bridgehead atoms. The van der Waals surface area contributed by atoms with Gasteiger partial charge in [0.1, 0.15) is 5.82 Å². The van der Waals surface area contributed by atoms with E-state index >= 15 is 0 Å². The summed E-state index contributed by atoms with van der Waals surface area (Å²) in [6.07, 6.45) is 8.72. The minimum atomic E-state index is -0.420. The fourth-order valence-corrected chi connectivity index (χ4v) is 4.68. The highest BCUT2D eigenvalue weighted by atomic mass is 79.9. The number of aromatic nitrogens is 1. The van der Waals surface area contributed by atoms with Gasteiger partial charge in [0.25, 0.3) is 11.1 Å². The normalized spacial score (nSPS) is 15.4. The molecule has 0 saturated carbocycles. The molecule has 3 aromatic rings. The number of rotatable bonds is 4. The minimum absolute atomic E-state index is 0.0684. The van der Waals surface area contributed by atoms with Crippen molar-refractivity contribution in [2.24, 2.45) is 0 Å². The van der Waals surface area contributed by atoms with Crippen LogP contribution >= 0.6 is 39.3 Å². The lowest BCUT2D eigenvalue weighted by Crippen LogP contribution is -2.28. The first-order chi connectivity index (χ1) is 14.4. The number of amides is 2. The second kappa shape index (κ2) is 8.31. The summed E-state index contributed by atoms with van der Waals surface area (Å²) in [5, 5.41) is 0.791. The predicted octanol–water partition coefficient (Wildman–Crippen LogP) is 5.91. The number of nitrogens with zero attached hydrogens (tertiary/aromatic N) is 2. The van der Waals surface area contributed by atoms with E-state index in [2.05, 4.69) is 21.9 Å². The second-order valence-electron chi connectivity index (χ2n) is 6.55. The zero-order valence-corrected chi connectivity index (χ0v) is 18.5. The lowest BCUT2D eigenvalue weighted by atomic mass is 10.1. The molecular weight excluding hydrogens is 491 g/mol. The number of fused-ring (bicyclic) bond motifs is 1. The topological polar surface area (TPSA) is 42.3 Å². The predicted molar refractivity (Wildman–Crippen MR) is 122 cm³/mol. The van der Waals surface area contributed by atoms with Gasteiger partial charge in [0.05, 0.1) is 18.0 Å². The Morgan fingerprint density at radius 1 is 1.27 bits per heavy atom. The second-order valence-corrected chi connectivity index (χ2v) is 8.86. The Balaban J connectivity index is 1.80. The Morgan fingerprint density at radius 3 is 2.80 bits per heavy atom. The molecular formula is C22H13BrClFN2O2S. The van der Waals surface area contributed by atoms with Crippen LogP contribution < -0.4 is 0 Å². The maximum Gasteiger partial charge on any atom is 0.294 e. The number of imide groups is 1. The SMILES string of the molecule is C#CCN1C(=O)S/C(=C\c2cn(Cc3c(F)cccc3Cl)c3ccc(Br)cc23)C1=O. The smallest absolute Gasteiger partial charge is 0.294 e. The van der Waals surface area contributed by atoms with E-state index in [4.69, 9.17) is 18.0 Å². The molecule has 1 fully saturated rings. The van der Waals surface area contributed by atoms with Gasteiger partial charge >= 0.3 is 0 Å².